The van der Waals surface area contributed by atoms with E-state index in [1.54, 1.807) is 0 Å². The Balaban J connectivity index is 2.38. The number of hydrogen-bond acceptors (Lipinski definition) is 2. The third-order valence-corrected chi connectivity index (χ3v) is 3.48. The molecule has 3 rings (SSSR count). The van der Waals surface area contributed by atoms with Gasteiger partial charge in [0.1, 0.15) is 22.6 Å². The fourth-order valence-electron chi connectivity index (χ4n) is 2.09. The largest absolute Gasteiger partial charge is 0.227 e. The summed E-state index contributed by atoms with van der Waals surface area (Å²) in [6, 6.07) is 6.11. The van der Waals surface area contributed by atoms with E-state index >= 15 is 0 Å². The van der Waals surface area contributed by atoms with Crippen molar-refractivity contribution in [3.05, 3.63) is 58.5 Å². The maximum Gasteiger partial charge on any atom is 0.167 e. The first-order valence-corrected chi connectivity index (χ1v) is 6.43. The van der Waals surface area contributed by atoms with Crippen molar-refractivity contribution in [1.29, 1.82) is 0 Å². The zero-order valence-electron chi connectivity index (χ0n) is 10.8. The molecule has 0 spiro atoms. The number of halogens is 4. The number of aromatic nitrogens is 2. The maximum absolute atomic E-state index is 13.8. The van der Waals surface area contributed by atoms with E-state index in [0.29, 0.717) is 5.39 Å². The highest BCUT2D eigenvalue weighted by molar-refractivity contribution is 6.34. The quantitative estimate of drug-likeness (QED) is 0.610. The van der Waals surface area contributed by atoms with Crippen molar-refractivity contribution in [3.63, 3.8) is 0 Å². The number of fused-ring (bicyclic) bond motifs is 1. The van der Waals surface area contributed by atoms with Crippen LogP contribution in [0.4, 0.5) is 13.2 Å². The Kier molecular flexibility index (Phi) is 3.29. The molecule has 0 atom stereocenters. The van der Waals surface area contributed by atoms with Crippen LogP contribution < -0.4 is 0 Å². The molecule has 0 radical (unpaired) electrons. The number of nitrogens with zero attached hydrogens (tertiary/aromatic N) is 2. The first-order chi connectivity index (χ1) is 9.99. The topological polar surface area (TPSA) is 25.8 Å². The van der Waals surface area contributed by atoms with Crippen LogP contribution in [-0.2, 0) is 0 Å². The minimum absolute atomic E-state index is 0.0146. The van der Waals surface area contributed by atoms with Crippen LogP contribution in [0.15, 0.2) is 30.3 Å². The molecule has 0 bridgehead atoms. The summed E-state index contributed by atoms with van der Waals surface area (Å²) in [6.45, 7) is 1.52. The first-order valence-electron chi connectivity index (χ1n) is 6.06. The van der Waals surface area contributed by atoms with Crippen molar-refractivity contribution in [2.24, 2.45) is 0 Å². The molecule has 0 fully saturated rings. The van der Waals surface area contributed by atoms with Crippen molar-refractivity contribution in [3.8, 4) is 11.4 Å². The molecule has 0 aliphatic rings. The van der Waals surface area contributed by atoms with Gasteiger partial charge in [-0.15, -0.1) is 0 Å². The van der Waals surface area contributed by atoms with Crippen LogP contribution in [0.3, 0.4) is 0 Å². The lowest BCUT2D eigenvalue weighted by atomic mass is 10.1. The van der Waals surface area contributed by atoms with Gasteiger partial charge in [-0.25, -0.2) is 23.1 Å². The van der Waals surface area contributed by atoms with E-state index in [0.717, 1.165) is 12.1 Å². The van der Waals surface area contributed by atoms with Gasteiger partial charge in [0.05, 0.1) is 11.1 Å². The van der Waals surface area contributed by atoms with Crippen molar-refractivity contribution < 1.29 is 13.2 Å². The van der Waals surface area contributed by atoms with Gasteiger partial charge in [-0.1, -0.05) is 17.7 Å². The predicted molar refractivity (Wildman–Crippen MR) is 74.6 cm³/mol. The summed E-state index contributed by atoms with van der Waals surface area (Å²) in [7, 11) is 0. The van der Waals surface area contributed by atoms with Crippen LogP contribution in [-0.4, -0.2) is 9.97 Å². The molecule has 1 heterocycles. The zero-order valence-corrected chi connectivity index (χ0v) is 11.5. The van der Waals surface area contributed by atoms with Gasteiger partial charge in [0.25, 0.3) is 0 Å². The Morgan fingerprint density at radius 1 is 0.905 bits per heavy atom. The Labute approximate surface area is 123 Å². The molecule has 21 heavy (non-hydrogen) atoms. The van der Waals surface area contributed by atoms with Gasteiger partial charge in [0.2, 0.25) is 0 Å². The number of benzene rings is 2. The lowest BCUT2D eigenvalue weighted by Gasteiger charge is -2.08. The molecule has 106 valence electrons. The molecule has 3 aromatic rings. The first kappa shape index (κ1) is 13.8. The summed E-state index contributed by atoms with van der Waals surface area (Å²) in [5.41, 5.74) is 0.0902. The summed E-state index contributed by atoms with van der Waals surface area (Å²) in [6.07, 6.45) is 0. The van der Waals surface area contributed by atoms with Gasteiger partial charge in [-0.2, -0.15) is 0 Å². The molecule has 2 nitrogen and oxygen atoms in total. The molecule has 0 amide bonds. The third-order valence-electron chi connectivity index (χ3n) is 3.20. The molecule has 2 aromatic carbocycles. The second kappa shape index (κ2) is 5.00. The highest BCUT2D eigenvalue weighted by Crippen LogP contribution is 2.30. The molecular weight excluding hydrogens is 301 g/mol. The van der Waals surface area contributed by atoms with Crippen LogP contribution in [0, 0.1) is 24.4 Å². The Bertz CT molecular complexity index is 845. The molecule has 0 saturated carbocycles. The standard InChI is InChI=1S/C15H8ClF3N2/c1-7-9(17)6-5-8-13(7)20-15(21-14(8)16)12-10(18)3-2-4-11(12)19/h2-6H,1H3. The average Bonchev–Trinajstić information content (AvgIpc) is 2.43. The van der Waals surface area contributed by atoms with Gasteiger partial charge in [-0.3, -0.25) is 0 Å². The Hall–Kier alpha value is -2.14. The molecule has 6 heteroatoms. The monoisotopic (exact) mass is 308 g/mol. The number of hydrogen-bond donors (Lipinski definition) is 0. The van der Waals surface area contributed by atoms with Crippen molar-refractivity contribution in [2.75, 3.05) is 0 Å². The molecule has 0 aliphatic heterocycles. The summed E-state index contributed by atoms with van der Waals surface area (Å²) in [4.78, 5) is 7.99. The SMILES string of the molecule is Cc1c(F)ccc2c(Cl)nc(-c3c(F)cccc3F)nc12. The van der Waals surface area contributed by atoms with Crippen LogP contribution in [0.25, 0.3) is 22.3 Å². The van der Waals surface area contributed by atoms with Gasteiger partial charge >= 0.3 is 0 Å². The highest BCUT2D eigenvalue weighted by atomic mass is 35.5. The van der Waals surface area contributed by atoms with Gasteiger partial charge < -0.3 is 0 Å². The van der Waals surface area contributed by atoms with E-state index in [1.165, 1.54) is 25.1 Å². The maximum atomic E-state index is 13.8. The van der Waals surface area contributed by atoms with Crippen molar-refractivity contribution >= 4 is 22.5 Å². The van der Waals surface area contributed by atoms with E-state index in [1.807, 2.05) is 0 Å². The molecule has 0 aliphatic carbocycles. The predicted octanol–water partition coefficient (Wildman–Crippen LogP) is 4.68. The molecule has 0 unspecified atom stereocenters. The third kappa shape index (κ3) is 2.23. The molecule has 0 N–H and O–H groups in total. The van der Waals surface area contributed by atoms with E-state index in [9.17, 15) is 13.2 Å². The van der Waals surface area contributed by atoms with E-state index in [2.05, 4.69) is 9.97 Å². The second-order valence-electron chi connectivity index (χ2n) is 4.50. The molecule has 0 saturated heterocycles. The van der Waals surface area contributed by atoms with Crippen LogP contribution in [0.2, 0.25) is 5.15 Å². The minimum Gasteiger partial charge on any atom is -0.227 e. The Morgan fingerprint density at radius 2 is 1.57 bits per heavy atom. The Morgan fingerprint density at radius 3 is 2.24 bits per heavy atom. The summed E-state index contributed by atoms with van der Waals surface area (Å²) < 4.78 is 41.2. The zero-order chi connectivity index (χ0) is 15.1. The minimum atomic E-state index is -0.806. The van der Waals surface area contributed by atoms with Gasteiger partial charge in [-0.05, 0) is 31.2 Å². The van der Waals surface area contributed by atoms with Crippen LogP contribution >= 0.6 is 11.6 Å². The average molecular weight is 309 g/mol. The van der Waals surface area contributed by atoms with E-state index in [4.69, 9.17) is 11.6 Å². The van der Waals surface area contributed by atoms with Gasteiger partial charge in [0.15, 0.2) is 5.82 Å². The summed E-state index contributed by atoms with van der Waals surface area (Å²) in [5.74, 6) is -2.30. The highest BCUT2D eigenvalue weighted by Gasteiger charge is 2.17. The van der Waals surface area contributed by atoms with Crippen molar-refractivity contribution in [2.45, 2.75) is 6.92 Å². The van der Waals surface area contributed by atoms with E-state index < -0.39 is 17.5 Å². The van der Waals surface area contributed by atoms with Gasteiger partial charge in [0, 0.05) is 10.9 Å². The second-order valence-corrected chi connectivity index (χ2v) is 4.86. The van der Waals surface area contributed by atoms with Crippen LogP contribution in [0.5, 0.6) is 0 Å². The molecular formula is C15H8ClF3N2. The number of aryl methyl sites for hydroxylation is 1. The van der Waals surface area contributed by atoms with E-state index in [-0.39, 0.29) is 27.6 Å². The summed E-state index contributed by atoms with van der Waals surface area (Å²) >= 11 is 6.02. The van der Waals surface area contributed by atoms with Crippen molar-refractivity contribution in [1.82, 2.24) is 9.97 Å². The molecule has 1 aromatic heterocycles. The van der Waals surface area contributed by atoms with Crippen LogP contribution in [0.1, 0.15) is 5.56 Å². The normalized spacial score (nSPS) is 11.1. The summed E-state index contributed by atoms with van der Waals surface area (Å²) in [5, 5.41) is 0.441. The number of rotatable bonds is 1. The lowest BCUT2D eigenvalue weighted by Crippen LogP contribution is -1.99. The fourth-order valence-corrected chi connectivity index (χ4v) is 2.33. The lowest BCUT2D eigenvalue weighted by molar-refractivity contribution is 0.587. The fraction of sp³-hybridized carbons (Fsp3) is 0.0667. The smallest absolute Gasteiger partial charge is 0.167 e.